The van der Waals surface area contributed by atoms with Gasteiger partial charge in [-0.3, -0.25) is 9.79 Å². The quantitative estimate of drug-likeness (QED) is 0.515. The van der Waals surface area contributed by atoms with E-state index in [0.717, 1.165) is 17.2 Å². The van der Waals surface area contributed by atoms with Crippen molar-refractivity contribution in [1.82, 2.24) is 10.6 Å². The van der Waals surface area contributed by atoms with E-state index in [1.54, 1.807) is 14.2 Å². The molecule has 0 aromatic heterocycles. The number of aliphatic imine (C=N–C) groups is 1. The Hall–Kier alpha value is -2.08. The molecule has 0 aliphatic heterocycles. The summed E-state index contributed by atoms with van der Waals surface area (Å²) in [5, 5.41) is 9.48. The predicted molar refractivity (Wildman–Crippen MR) is 108 cm³/mol. The average molecular weight is 363 g/mol. The van der Waals surface area contributed by atoms with E-state index in [9.17, 15) is 4.79 Å². The Bertz CT molecular complexity index is 589. The first-order valence-corrected chi connectivity index (χ1v) is 9.04. The molecule has 0 aliphatic carbocycles. The maximum absolute atomic E-state index is 11.7. The minimum absolute atomic E-state index is 0.0204. The normalized spacial score (nSPS) is 13.5. The number of methoxy groups -OCH3 is 1. The topological polar surface area (TPSA) is 74.8 Å². The molecule has 0 heterocycles. The SMILES string of the molecule is CN=C(NCc1ccc(NC(=O)C(C)C)cc1)NCC(OC)C(C)(C)C. The molecular weight excluding hydrogens is 328 g/mol. The van der Waals surface area contributed by atoms with Gasteiger partial charge < -0.3 is 20.7 Å². The third-order valence-electron chi connectivity index (χ3n) is 4.13. The molecule has 146 valence electrons. The van der Waals surface area contributed by atoms with Gasteiger partial charge in [-0.1, -0.05) is 46.8 Å². The Balaban J connectivity index is 2.52. The highest BCUT2D eigenvalue weighted by Gasteiger charge is 2.24. The van der Waals surface area contributed by atoms with Gasteiger partial charge in [-0.05, 0) is 23.1 Å². The predicted octanol–water partition coefficient (Wildman–Crippen LogP) is 3.01. The van der Waals surface area contributed by atoms with Crippen molar-refractivity contribution in [2.45, 2.75) is 47.3 Å². The van der Waals surface area contributed by atoms with E-state index < -0.39 is 0 Å². The zero-order valence-electron chi connectivity index (χ0n) is 17.1. The lowest BCUT2D eigenvalue weighted by atomic mass is 9.89. The van der Waals surface area contributed by atoms with Crippen LogP contribution in [-0.2, 0) is 16.1 Å². The van der Waals surface area contributed by atoms with Crippen LogP contribution in [0.1, 0.15) is 40.2 Å². The van der Waals surface area contributed by atoms with Crippen molar-refractivity contribution in [3.8, 4) is 0 Å². The first-order chi connectivity index (χ1) is 12.2. The number of rotatable bonds is 7. The molecule has 0 bridgehead atoms. The summed E-state index contributed by atoms with van der Waals surface area (Å²) in [5.74, 6) is 0.718. The van der Waals surface area contributed by atoms with E-state index in [-0.39, 0.29) is 23.3 Å². The number of hydrogen-bond donors (Lipinski definition) is 3. The monoisotopic (exact) mass is 362 g/mol. The summed E-state index contributed by atoms with van der Waals surface area (Å²) in [5.41, 5.74) is 1.97. The van der Waals surface area contributed by atoms with Gasteiger partial charge in [0.2, 0.25) is 5.91 Å². The van der Waals surface area contributed by atoms with Gasteiger partial charge in [-0.15, -0.1) is 0 Å². The Morgan fingerprint density at radius 2 is 1.77 bits per heavy atom. The number of benzene rings is 1. The van der Waals surface area contributed by atoms with Gasteiger partial charge in [0.05, 0.1) is 6.10 Å². The van der Waals surface area contributed by atoms with E-state index in [0.29, 0.717) is 13.1 Å². The van der Waals surface area contributed by atoms with E-state index in [1.807, 2.05) is 38.1 Å². The zero-order valence-corrected chi connectivity index (χ0v) is 17.1. The fourth-order valence-corrected chi connectivity index (χ4v) is 2.33. The van der Waals surface area contributed by atoms with Crippen molar-refractivity contribution < 1.29 is 9.53 Å². The molecule has 0 aliphatic rings. The summed E-state index contributed by atoms with van der Waals surface area (Å²) in [6.07, 6.45) is 0.0879. The van der Waals surface area contributed by atoms with Gasteiger partial charge in [0.1, 0.15) is 0 Å². The molecule has 0 spiro atoms. The number of nitrogens with one attached hydrogen (secondary N) is 3. The van der Waals surface area contributed by atoms with E-state index in [4.69, 9.17) is 4.74 Å². The lowest BCUT2D eigenvalue weighted by Gasteiger charge is -2.30. The number of nitrogens with zero attached hydrogens (tertiary/aromatic N) is 1. The van der Waals surface area contributed by atoms with Crippen molar-refractivity contribution in [2.24, 2.45) is 16.3 Å². The molecule has 0 saturated heterocycles. The number of carbonyl (C=O) groups is 1. The standard InChI is InChI=1S/C20H34N4O2/c1-14(2)18(25)24-16-10-8-15(9-11-16)12-22-19(21-6)23-13-17(26-7)20(3,4)5/h8-11,14,17H,12-13H2,1-7H3,(H,24,25)(H2,21,22,23). The smallest absolute Gasteiger partial charge is 0.226 e. The van der Waals surface area contributed by atoms with Gasteiger partial charge >= 0.3 is 0 Å². The molecule has 26 heavy (non-hydrogen) atoms. The second kappa shape index (κ2) is 10.2. The molecule has 6 nitrogen and oxygen atoms in total. The highest BCUT2D eigenvalue weighted by atomic mass is 16.5. The molecule has 1 unspecified atom stereocenters. The second-order valence-electron chi connectivity index (χ2n) is 7.74. The van der Waals surface area contributed by atoms with Crippen LogP contribution in [0, 0.1) is 11.3 Å². The molecule has 1 atom stereocenters. The fourth-order valence-electron chi connectivity index (χ4n) is 2.33. The minimum atomic E-state index is -0.0326. The Morgan fingerprint density at radius 3 is 2.23 bits per heavy atom. The van der Waals surface area contributed by atoms with Crippen LogP contribution < -0.4 is 16.0 Å². The summed E-state index contributed by atoms with van der Waals surface area (Å²) in [6.45, 7) is 11.5. The highest BCUT2D eigenvalue weighted by Crippen LogP contribution is 2.20. The summed E-state index contributed by atoms with van der Waals surface area (Å²) < 4.78 is 5.55. The number of guanidine groups is 1. The van der Waals surface area contributed by atoms with Crippen molar-refractivity contribution in [3.05, 3.63) is 29.8 Å². The number of anilines is 1. The third kappa shape index (κ3) is 7.44. The van der Waals surface area contributed by atoms with Crippen molar-refractivity contribution in [3.63, 3.8) is 0 Å². The van der Waals surface area contributed by atoms with Crippen molar-refractivity contribution >= 4 is 17.6 Å². The molecule has 0 saturated carbocycles. The highest BCUT2D eigenvalue weighted by molar-refractivity contribution is 5.92. The number of amides is 1. The molecule has 1 aromatic carbocycles. The Labute approximate surface area is 157 Å². The maximum Gasteiger partial charge on any atom is 0.226 e. The first kappa shape index (κ1) is 22.0. The summed E-state index contributed by atoms with van der Waals surface area (Å²) >= 11 is 0. The van der Waals surface area contributed by atoms with E-state index >= 15 is 0 Å². The number of hydrogen-bond acceptors (Lipinski definition) is 3. The second-order valence-corrected chi connectivity index (χ2v) is 7.74. The summed E-state index contributed by atoms with van der Waals surface area (Å²) in [4.78, 5) is 16.0. The third-order valence-corrected chi connectivity index (χ3v) is 4.13. The van der Waals surface area contributed by atoms with E-state index in [2.05, 4.69) is 41.7 Å². The Kier molecular flexibility index (Phi) is 8.58. The molecule has 0 radical (unpaired) electrons. The molecule has 1 amide bonds. The minimum Gasteiger partial charge on any atom is -0.379 e. The molecule has 1 rings (SSSR count). The fraction of sp³-hybridized carbons (Fsp3) is 0.600. The zero-order chi connectivity index (χ0) is 19.7. The maximum atomic E-state index is 11.7. The molecule has 1 aromatic rings. The molecule has 6 heteroatoms. The Morgan fingerprint density at radius 1 is 1.15 bits per heavy atom. The van der Waals surface area contributed by atoms with Crippen molar-refractivity contribution in [1.29, 1.82) is 0 Å². The van der Waals surface area contributed by atoms with E-state index in [1.165, 1.54) is 0 Å². The summed E-state index contributed by atoms with van der Waals surface area (Å²) in [7, 11) is 3.48. The van der Waals surface area contributed by atoms with Gasteiger partial charge in [-0.2, -0.15) is 0 Å². The van der Waals surface area contributed by atoms with Crippen LogP contribution in [-0.4, -0.2) is 38.7 Å². The van der Waals surface area contributed by atoms with Gasteiger partial charge in [-0.25, -0.2) is 0 Å². The largest absolute Gasteiger partial charge is 0.379 e. The molecule has 0 fully saturated rings. The van der Waals surface area contributed by atoms with Crippen LogP contribution in [0.15, 0.2) is 29.3 Å². The van der Waals surface area contributed by atoms with Crippen LogP contribution >= 0.6 is 0 Å². The van der Waals surface area contributed by atoms with Gasteiger partial charge in [0.15, 0.2) is 5.96 Å². The summed E-state index contributed by atoms with van der Waals surface area (Å²) in [6, 6.07) is 7.80. The first-order valence-electron chi connectivity index (χ1n) is 9.04. The number of carbonyl (C=O) groups excluding carboxylic acids is 1. The van der Waals surface area contributed by atoms with Crippen LogP contribution in [0.5, 0.6) is 0 Å². The average Bonchev–Trinajstić information content (AvgIpc) is 2.58. The van der Waals surface area contributed by atoms with Gasteiger partial charge in [0.25, 0.3) is 0 Å². The van der Waals surface area contributed by atoms with Crippen LogP contribution in [0.3, 0.4) is 0 Å². The lowest BCUT2D eigenvalue weighted by molar-refractivity contribution is -0.118. The molecular formula is C20H34N4O2. The van der Waals surface area contributed by atoms with Gasteiger partial charge in [0, 0.05) is 38.9 Å². The lowest BCUT2D eigenvalue weighted by Crippen LogP contribution is -2.45. The van der Waals surface area contributed by atoms with Crippen LogP contribution in [0.4, 0.5) is 5.69 Å². The molecule has 3 N–H and O–H groups in total. The van der Waals surface area contributed by atoms with Crippen LogP contribution in [0.2, 0.25) is 0 Å². The van der Waals surface area contributed by atoms with Crippen LogP contribution in [0.25, 0.3) is 0 Å². The number of ether oxygens (including phenoxy) is 1. The van der Waals surface area contributed by atoms with Crippen molar-refractivity contribution in [2.75, 3.05) is 26.0 Å².